The molecule has 2 atom stereocenters. The molecule has 0 unspecified atom stereocenters. The minimum Gasteiger partial charge on any atom is -0.495 e. The third-order valence-electron chi connectivity index (χ3n) is 9.20. The van der Waals surface area contributed by atoms with Gasteiger partial charge in [0.2, 0.25) is 5.91 Å². The Morgan fingerprint density at radius 1 is 0.907 bits per heavy atom. The Hall–Kier alpha value is -1.87. The van der Waals surface area contributed by atoms with Crippen LogP contribution < -0.4 is 15.4 Å². The van der Waals surface area contributed by atoms with Crippen molar-refractivity contribution in [2.24, 2.45) is 5.16 Å². The second-order valence-electron chi connectivity index (χ2n) is 13.6. The van der Waals surface area contributed by atoms with Crippen LogP contribution in [0.2, 0.25) is 0 Å². The normalized spacial score (nSPS) is 18.2. The molecular weight excluding hydrogens is 954 g/mol. The lowest BCUT2D eigenvalue weighted by Gasteiger charge is -2.27. The zero-order valence-corrected chi connectivity index (χ0v) is 38.0. The number of benzene rings is 1. The number of halogens is 4. The van der Waals surface area contributed by atoms with Gasteiger partial charge in [-0.2, -0.15) is 0 Å². The zero-order valence-electron chi connectivity index (χ0n) is 31.7. The Labute approximate surface area is 355 Å². The molecule has 10 nitrogen and oxygen atoms in total. The van der Waals surface area contributed by atoms with Gasteiger partial charge in [0.1, 0.15) is 17.8 Å². The van der Waals surface area contributed by atoms with Crippen molar-refractivity contribution in [3.05, 3.63) is 59.8 Å². The Balaban J connectivity index is 1.23. The van der Waals surface area contributed by atoms with E-state index in [0.29, 0.717) is 52.9 Å². The average Bonchev–Trinajstić information content (AvgIpc) is 3.39. The van der Waals surface area contributed by atoms with E-state index in [1.54, 1.807) is 0 Å². The lowest BCUT2D eigenvalue weighted by atomic mass is 10.0. The molecule has 2 heterocycles. The molecule has 2 aliphatic heterocycles. The maximum atomic E-state index is 12.8. The second-order valence-corrected chi connectivity index (χ2v) is 17.1. The van der Waals surface area contributed by atoms with Crippen LogP contribution in [0.5, 0.6) is 5.75 Å². The van der Waals surface area contributed by atoms with Gasteiger partial charge in [-0.15, -0.1) is 0 Å². The number of rotatable bonds is 26. The first-order valence-electron chi connectivity index (χ1n) is 19.3. The van der Waals surface area contributed by atoms with Gasteiger partial charge in [-0.05, 0) is 110 Å². The number of nitrogens with zero attached hydrogens (tertiary/aromatic N) is 1. The molecule has 0 saturated carbocycles. The van der Waals surface area contributed by atoms with Gasteiger partial charge in [-0.3, -0.25) is 9.59 Å². The third-order valence-corrected chi connectivity index (χ3v) is 11.6. The second kappa shape index (κ2) is 26.1. The summed E-state index contributed by atoms with van der Waals surface area (Å²) in [6.07, 6.45) is 24.0. The molecule has 0 bridgehead atoms. The summed E-state index contributed by atoms with van der Waals surface area (Å²) in [5, 5.41) is 20.6. The molecule has 0 radical (unpaired) electrons. The van der Waals surface area contributed by atoms with Crippen LogP contribution in [0.25, 0.3) is 0 Å². The number of allylic oxidation sites excluding steroid dienone is 3. The number of nitrogens with one attached hydrogen (secondary N) is 2. The molecule has 3 N–H and O–H groups in total. The fraction of sp³-hybridized carbons (Fsp3) is 0.625. The fourth-order valence-electron chi connectivity index (χ4n) is 6.10. The molecule has 1 spiro atoms. The van der Waals surface area contributed by atoms with Gasteiger partial charge in [0.15, 0.2) is 11.8 Å². The standard InChI is InChI=1S/C40H57Br4N3O7/c1-3-4-5-6-7-8-9-10-11-12-13-14-15-16-17-18-20-34(48)45-23-21-29-25-30(41)37(31(42)26-29)52-24-19-22-46-39(50)35-38(49)40(54-47-35)27-32(43)36(51-2)33(44)28-53-40/h7-8,25-26,28,38,49H,3-6,9-24,27H2,1-2H3,(H,45,48)(H,46,50)/b8-7-/t38-,40+/m0/s1. The lowest BCUT2D eigenvalue weighted by molar-refractivity contribution is -0.225. The summed E-state index contributed by atoms with van der Waals surface area (Å²) >= 11 is 14.0. The highest BCUT2D eigenvalue weighted by atomic mass is 79.9. The number of oxime groups is 1. The number of aliphatic hydroxyl groups excluding tert-OH is 1. The van der Waals surface area contributed by atoms with Crippen molar-refractivity contribution in [2.45, 2.75) is 134 Å². The number of aliphatic hydroxyl groups is 1. The van der Waals surface area contributed by atoms with E-state index < -0.39 is 17.8 Å². The molecule has 0 aliphatic carbocycles. The van der Waals surface area contributed by atoms with Gasteiger partial charge in [-0.1, -0.05) is 97.9 Å². The topological polar surface area (TPSA) is 128 Å². The van der Waals surface area contributed by atoms with Crippen molar-refractivity contribution < 1.29 is 33.7 Å². The van der Waals surface area contributed by atoms with E-state index in [1.807, 2.05) is 12.1 Å². The highest BCUT2D eigenvalue weighted by Crippen LogP contribution is 2.41. The first-order valence-corrected chi connectivity index (χ1v) is 22.5. The van der Waals surface area contributed by atoms with Gasteiger partial charge in [-0.25, -0.2) is 0 Å². The Kier molecular flexibility index (Phi) is 22.5. The SMILES string of the molecule is CCCCC/C=C\CCCCCCCCCCCC(=O)NCCc1cc(Br)c(OCCCNC(=O)C2=NO[C@]3(CC(Br)=C(OC)C(Br)=CO3)[C@H]2O)c(Br)c1. The van der Waals surface area contributed by atoms with Gasteiger partial charge >= 0.3 is 5.79 Å². The summed E-state index contributed by atoms with van der Waals surface area (Å²) in [5.74, 6) is -0.930. The van der Waals surface area contributed by atoms with Gasteiger partial charge in [0.05, 0.1) is 33.6 Å². The maximum absolute atomic E-state index is 12.8. The van der Waals surface area contributed by atoms with Crippen molar-refractivity contribution in [1.82, 2.24) is 10.6 Å². The van der Waals surface area contributed by atoms with Crippen molar-refractivity contribution in [1.29, 1.82) is 0 Å². The van der Waals surface area contributed by atoms with E-state index >= 15 is 0 Å². The molecule has 0 aromatic heterocycles. The fourth-order valence-corrected chi connectivity index (χ4v) is 9.13. The number of carbonyl (C=O) groups excluding carboxylic acids is 2. The largest absolute Gasteiger partial charge is 0.495 e. The number of ether oxygens (including phenoxy) is 3. The zero-order chi connectivity index (χ0) is 39.2. The first kappa shape index (κ1) is 46.5. The summed E-state index contributed by atoms with van der Waals surface area (Å²) in [5.41, 5.74) is 0.877. The third kappa shape index (κ3) is 15.9. The molecule has 302 valence electrons. The predicted molar refractivity (Wildman–Crippen MR) is 229 cm³/mol. The number of hydrogen-bond acceptors (Lipinski definition) is 8. The van der Waals surface area contributed by atoms with Crippen LogP contribution in [0.15, 0.2) is 59.4 Å². The smallest absolute Gasteiger partial charge is 0.311 e. The van der Waals surface area contributed by atoms with Gasteiger partial charge < -0.3 is 34.8 Å². The van der Waals surface area contributed by atoms with Gasteiger partial charge in [0.25, 0.3) is 5.91 Å². The molecule has 1 aromatic carbocycles. The van der Waals surface area contributed by atoms with E-state index in [9.17, 15) is 14.7 Å². The summed E-state index contributed by atoms with van der Waals surface area (Å²) < 4.78 is 19.7. The van der Waals surface area contributed by atoms with Crippen LogP contribution in [-0.4, -0.2) is 61.3 Å². The molecule has 2 aliphatic rings. The summed E-state index contributed by atoms with van der Waals surface area (Å²) in [4.78, 5) is 30.6. The highest BCUT2D eigenvalue weighted by molar-refractivity contribution is 9.12. The molecule has 1 aromatic rings. The number of methoxy groups -OCH3 is 1. The van der Waals surface area contributed by atoms with Crippen LogP contribution in [-0.2, 0) is 30.3 Å². The molecule has 3 rings (SSSR count). The number of amides is 2. The van der Waals surface area contributed by atoms with Crippen LogP contribution >= 0.6 is 63.7 Å². The maximum Gasteiger partial charge on any atom is 0.311 e. The van der Waals surface area contributed by atoms with E-state index in [2.05, 4.69) is 98.6 Å². The quantitative estimate of drug-likeness (QED) is 0.0623. The number of unbranched alkanes of at least 4 members (excludes halogenated alkanes) is 12. The predicted octanol–water partition coefficient (Wildman–Crippen LogP) is 10.5. The average molecular weight is 1010 g/mol. The Morgan fingerprint density at radius 3 is 2.19 bits per heavy atom. The van der Waals surface area contributed by atoms with E-state index in [4.69, 9.17) is 19.0 Å². The Morgan fingerprint density at radius 2 is 1.54 bits per heavy atom. The summed E-state index contributed by atoms with van der Waals surface area (Å²) in [7, 11) is 1.51. The summed E-state index contributed by atoms with van der Waals surface area (Å²) in [6.45, 7) is 3.44. The van der Waals surface area contributed by atoms with Crippen molar-refractivity contribution >= 4 is 81.2 Å². The molecule has 2 amide bonds. The van der Waals surface area contributed by atoms with Crippen molar-refractivity contribution in [2.75, 3.05) is 26.8 Å². The van der Waals surface area contributed by atoms with E-state index in [0.717, 1.165) is 27.4 Å². The molecule has 14 heteroatoms. The molecule has 54 heavy (non-hydrogen) atoms. The number of carbonyl (C=O) groups is 2. The number of hydrogen-bond donors (Lipinski definition) is 3. The van der Waals surface area contributed by atoms with Crippen molar-refractivity contribution in [3.63, 3.8) is 0 Å². The van der Waals surface area contributed by atoms with Crippen LogP contribution in [0.3, 0.4) is 0 Å². The minimum absolute atomic E-state index is 0.0623. The van der Waals surface area contributed by atoms with Gasteiger partial charge in [0, 0.05) is 24.0 Å². The molecule has 0 fully saturated rings. The Bertz CT molecular complexity index is 1450. The molecule has 0 saturated heterocycles. The first-order chi connectivity index (χ1) is 26.1. The lowest BCUT2D eigenvalue weighted by Crippen LogP contribution is -2.49. The van der Waals surface area contributed by atoms with Crippen LogP contribution in [0.4, 0.5) is 0 Å². The van der Waals surface area contributed by atoms with Crippen molar-refractivity contribution in [3.8, 4) is 5.75 Å². The monoisotopic (exact) mass is 1010 g/mol. The molecular formula is C40H57Br4N3O7. The van der Waals surface area contributed by atoms with Crippen LogP contribution in [0, 0.1) is 0 Å². The summed E-state index contributed by atoms with van der Waals surface area (Å²) in [6, 6.07) is 3.98. The highest BCUT2D eigenvalue weighted by Gasteiger charge is 2.54. The minimum atomic E-state index is -1.60. The van der Waals surface area contributed by atoms with E-state index in [-0.39, 0.29) is 24.6 Å². The van der Waals surface area contributed by atoms with Crippen LogP contribution in [0.1, 0.15) is 122 Å². The van der Waals surface area contributed by atoms with E-state index in [1.165, 1.54) is 90.4 Å².